The minimum absolute atomic E-state index is 0.355. The fraction of sp³-hybridized carbons (Fsp3) is 0.750. The molecule has 1 amide bonds. The number of piperidine rings is 1. The maximum Gasteiger partial charge on any atom is 0.222 e. The fourth-order valence-electron chi connectivity index (χ4n) is 3.68. The summed E-state index contributed by atoms with van der Waals surface area (Å²) in [5.74, 6) is 1.17. The van der Waals surface area contributed by atoms with Crippen molar-refractivity contribution in [3.8, 4) is 0 Å². The summed E-state index contributed by atoms with van der Waals surface area (Å²) in [6.45, 7) is 1.77. The lowest BCUT2D eigenvalue weighted by molar-refractivity contribution is -0.133. The van der Waals surface area contributed by atoms with Crippen LogP contribution in [0.25, 0.3) is 0 Å². The number of likely N-dealkylation sites (tertiary alicyclic amines) is 1. The average Bonchev–Trinajstić information content (AvgIpc) is 3.18. The van der Waals surface area contributed by atoms with Gasteiger partial charge in [0.1, 0.15) is 0 Å². The molecule has 2 aliphatic rings. The molecule has 110 valence electrons. The Balaban J connectivity index is 1.49. The normalized spacial score (nSPS) is 24.2. The summed E-state index contributed by atoms with van der Waals surface area (Å²) in [7, 11) is 0. The van der Waals surface area contributed by atoms with Gasteiger partial charge >= 0.3 is 0 Å². The second kappa shape index (κ2) is 6.42. The van der Waals surface area contributed by atoms with Gasteiger partial charge in [0.15, 0.2) is 0 Å². The van der Waals surface area contributed by atoms with E-state index in [1.807, 2.05) is 23.1 Å². The zero-order chi connectivity index (χ0) is 13.8. The molecule has 1 aromatic rings. The number of carbonyl (C=O) groups is 1. The van der Waals surface area contributed by atoms with Gasteiger partial charge in [0, 0.05) is 31.9 Å². The van der Waals surface area contributed by atoms with E-state index in [0.717, 1.165) is 44.7 Å². The van der Waals surface area contributed by atoms with E-state index in [2.05, 4.69) is 10.00 Å². The number of rotatable bonds is 4. The van der Waals surface area contributed by atoms with Crippen LogP contribution in [0.15, 0.2) is 18.5 Å². The van der Waals surface area contributed by atoms with Crippen molar-refractivity contribution in [2.75, 3.05) is 13.1 Å². The summed E-state index contributed by atoms with van der Waals surface area (Å²) in [5.41, 5.74) is 0. The third kappa shape index (κ3) is 3.22. The van der Waals surface area contributed by atoms with Gasteiger partial charge in [0.05, 0.1) is 6.04 Å². The van der Waals surface area contributed by atoms with E-state index in [4.69, 9.17) is 0 Å². The Hall–Kier alpha value is -1.32. The van der Waals surface area contributed by atoms with Crippen LogP contribution in [-0.4, -0.2) is 33.7 Å². The second-order valence-corrected chi connectivity index (χ2v) is 6.31. The Morgan fingerprint density at radius 2 is 2.05 bits per heavy atom. The van der Waals surface area contributed by atoms with Gasteiger partial charge in [-0.2, -0.15) is 5.10 Å². The largest absolute Gasteiger partial charge is 0.341 e. The molecule has 1 atom stereocenters. The predicted molar refractivity (Wildman–Crippen MR) is 78.3 cm³/mol. The smallest absolute Gasteiger partial charge is 0.222 e. The number of hydrogen-bond acceptors (Lipinski definition) is 2. The molecule has 3 rings (SSSR count). The van der Waals surface area contributed by atoms with Crippen molar-refractivity contribution in [3.63, 3.8) is 0 Å². The van der Waals surface area contributed by atoms with Crippen molar-refractivity contribution in [2.24, 2.45) is 5.92 Å². The minimum atomic E-state index is 0.355. The molecule has 0 radical (unpaired) electrons. The molecule has 4 heteroatoms. The molecule has 1 aliphatic carbocycles. The molecular weight excluding hydrogens is 250 g/mol. The Kier molecular flexibility index (Phi) is 4.38. The maximum absolute atomic E-state index is 12.4. The van der Waals surface area contributed by atoms with Crippen LogP contribution in [0.4, 0.5) is 0 Å². The summed E-state index contributed by atoms with van der Waals surface area (Å²) in [6.07, 6.45) is 13.3. The van der Waals surface area contributed by atoms with Crippen LogP contribution in [0.5, 0.6) is 0 Å². The first-order chi connectivity index (χ1) is 9.83. The zero-order valence-electron chi connectivity index (χ0n) is 12.2. The minimum Gasteiger partial charge on any atom is -0.341 e. The molecule has 1 saturated carbocycles. The molecule has 1 aliphatic heterocycles. The topological polar surface area (TPSA) is 38.1 Å². The van der Waals surface area contributed by atoms with Crippen molar-refractivity contribution in [1.29, 1.82) is 0 Å². The van der Waals surface area contributed by atoms with Crippen molar-refractivity contribution >= 4 is 5.91 Å². The number of hydrogen-bond donors (Lipinski definition) is 0. The first-order valence-electron chi connectivity index (χ1n) is 8.10. The van der Waals surface area contributed by atoms with E-state index in [1.54, 1.807) is 0 Å². The number of carbonyl (C=O) groups excluding carboxylic acids is 1. The molecule has 2 heterocycles. The van der Waals surface area contributed by atoms with Crippen LogP contribution in [0, 0.1) is 5.92 Å². The summed E-state index contributed by atoms with van der Waals surface area (Å²) in [5, 5.41) is 4.32. The highest BCUT2D eigenvalue weighted by Crippen LogP contribution is 2.29. The SMILES string of the molecule is O=C(CCC1CCCC1)N1CCC[C@@H](n2cccn2)C1. The van der Waals surface area contributed by atoms with Gasteiger partial charge in [-0.3, -0.25) is 9.48 Å². The Morgan fingerprint density at radius 3 is 2.80 bits per heavy atom. The van der Waals surface area contributed by atoms with Crippen LogP contribution in [-0.2, 0) is 4.79 Å². The van der Waals surface area contributed by atoms with E-state index >= 15 is 0 Å². The molecule has 0 N–H and O–H groups in total. The number of nitrogens with zero attached hydrogens (tertiary/aromatic N) is 3. The van der Waals surface area contributed by atoms with Gasteiger partial charge in [-0.15, -0.1) is 0 Å². The average molecular weight is 275 g/mol. The maximum atomic E-state index is 12.4. The van der Waals surface area contributed by atoms with Gasteiger partial charge in [-0.25, -0.2) is 0 Å². The van der Waals surface area contributed by atoms with Gasteiger partial charge in [-0.05, 0) is 31.2 Å². The standard InChI is InChI=1S/C16H25N3O/c20-16(9-8-14-5-1-2-6-14)18-11-3-7-15(13-18)19-12-4-10-17-19/h4,10,12,14-15H,1-3,5-9,11,13H2/t15-/m1/s1. The number of amides is 1. The second-order valence-electron chi connectivity index (χ2n) is 6.31. The van der Waals surface area contributed by atoms with E-state index < -0.39 is 0 Å². The molecule has 0 spiro atoms. The summed E-state index contributed by atoms with van der Waals surface area (Å²) in [4.78, 5) is 14.4. The van der Waals surface area contributed by atoms with Gasteiger partial charge < -0.3 is 4.90 Å². The highest BCUT2D eigenvalue weighted by atomic mass is 16.2. The zero-order valence-corrected chi connectivity index (χ0v) is 12.2. The number of aromatic nitrogens is 2. The monoisotopic (exact) mass is 275 g/mol. The Bertz CT molecular complexity index is 423. The first-order valence-corrected chi connectivity index (χ1v) is 8.10. The van der Waals surface area contributed by atoms with Gasteiger partial charge in [0.2, 0.25) is 5.91 Å². The lowest BCUT2D eigenvalue weighted by Gasteiger charge is -2.33. The van der Waals surface area contributed by atoms with E-state index in [1.165, 1.54) is 25.7 Å². The molecule has 1 saturated heterocycles. The third-order valence-electron chi connectivity index (χ3n) is 4.89. The van der Waals surface area contributed by atoms with E-state index in [0.29, 0.717) is 11.9 Å². The Morgan fingerprint density at radius 1 is 1.20 bits per heavy atom. The molecule has 4 nitrogen and oxygen atoms in total. The molecular formula is C16H25N3O. The third-order valence-corrected chi connectivity index (χ3v) is 4.89. The van der Waals surface area contributed by atoms with Crippen LogP contribution in [0.2, 0.25) is 0 Å². The van der Waals surface area contributed by atoms with Crippen molar-refractivity contribution < 1.29 is 4.79 Å². The van der Waals surface area contributed by atoms with E-state index in [9.17, 15) is 4.79 Å². The Labute approximate surface area is 121 Å². The molecule has 0 aromatic carbocycles. The lowest BCUT2D eigenvalue weighted by atomic mass is 10.00. The van der Waals surface area contributed by atoms with Crippen molar-refractivity contribution in [1.82, 2.24) is 14.7 Å². The lowest BCUT2D eigenvalue weighted by Crippen LogP contribution is -2.40. The first kappa shape index (κ1) is 13.7. The quantitative estimate of drug-likeness (QED) is 0.847. The van der Waals surface area contributed by atoms with Crippen LogP contribution in [0.1, 0.15) is 57.4 Å². The molecule has 0 bridgehead atoms. The highest BCUT2D eigenvalue weighted by molar-refractivity contribution is 5.76. The van der Waals surface area contributed by atoms with Crippen molar-refractivity contribution in [3.05, 3.63) is 18.5 Å². The van der Waals surface area contributed by atoms with Crippen LogP contribution in [0.3, 0.4) is 0 Å². The predicted octanol–water partition coefficient (Wildman–Crippen LogP) is 3.02. The summed E-state index contributed by atoms with van der Waals surface area (Å²) in [6, 6.07) is 2.33. The molecule has 20 heavy (non-hydrogen) atoms. The van der Waals surface area contributed by atoms with Crippen LogP contribution >= 0.6 is 0 Å². The van der Waals surface area contributed by atoms with Crippen LogP contribution < -0.4 is 0 Å². The van der Waals surface area contributed by atoms with Crippen molar-refractivity contribution in [2.45, 2.75) is 57.4 Å². The summed E-state index contributed by atoms with van der Waals surface area (Å²) < 4.78 is 2.01. The van der Waals surface area contributed by atoms with Gasteiger partial charge in [-0.1, -0.05) is 25.7 Å². The highest BCUT2D eigenvalue weighted by Gasteiger charge is 2.25. The molecule has 0 unspecified atom stereocenters. The molecule has 2 fully saturated rings. The fourth-order valence-corrected chi connectivity index (χ4v) is 3.68. The molecule has 1 aromatic heterocycles. The van der Waals surface area contributed by atoms with Gasteiger partial charge in [0.25, 0.3) is 0 Å². The van der Waals surface area contributed by atoms with E-state index in [-0.39, 0.29) is 0 Å². The summed E-state index contributed by atoms with van der Waals surface area (Å²) >= 11 is 0.